The Hall–Kier alpha value is -3.78. The largest absolute Gasteiger partial charge is 0.486 e. The highest BCUT2D eigenvalue weighted by atomic mass is 19.1. The van der Waals surface area contributed by atoms with E-state index in [0.29, 0.717) is 25.4 Å². The Morgan fingerprint density at radius 3 is 2.70 bits per heavy atom. The molecule has 1 aliphatic heterocycles. The lowest BCUT2D eigenvalue weighted by molar-refractivity contribution is -0.147. The third kappa shape index (κ3) is 4.96. The molecule has 7 nitrogen and oxygen atoms in total. The van der Waals surface area contributed by atoms with Gasteiger partial charge in [0.25, 0.3) is 0 Å². The normalized spacial score (nSPS) is 16.8. The van der Waals surface area contributed by atoms with Gasteiger partial charge in [0.1, 0.15) is 11.6 Å². The van der Waals surface area contributed by atoms with E-state index >= 15 is 0 Å². The van der Waals surface area contributed by atoms with E-state index in [1.54, 1.807) is 24.6 Å². The van der Waals surface area contributed by atoms with E-state index < -0.39 is 17.3 Å². The highest BCUT2D eigenvalue weighted by Gasteiger charge is 2.40. The van der Waals surface area contributed by atoms with Gasteiger partial charge in [0.15, 0.2) is 11.6 Å². The van der Waals surface area contributed by atoms with Gasteiger partial charge in [-0.3, -0.25) is 9.69 Å². The minimum absolute atomic E-state index is 0.123. The smallest absolute Gasteiger partial charge is 0.310 e. The van der Waals surface area contributed by atoms with Crippen LogP contribution in [0, 0.1) is 25.1 Å². The SMILES string of the molecule is CC[C@@H]1CN(Cc2cc([C@@H](c3ccc4c(nnn4C)c3C)C(C)(C)C(=O)O)ccc2C)Cc2cccc(F)c2O1. The first-order valence-electron chi connectivity index (χ1n) is 13.8. The molecule has 0 amide bonds. The molecule has 2 heterocycles. The standard InChI is InChI=1S/C32H37FN4O3/c1-7-24-18-37(16-22-9-8-10-26(33)30(22)40-24)17-23-15-21(12-11-19(23)2)28(32(4,5)31(38)39)25-13-14-27-29(20(25)3)34-35-36(27)6/h8-15,24,28H,7,16-18H2,1-6H3,(H,38,39)/t24-,28+/m1/s1. The number of carboxylic acid groups (broad SMARTS) is 1. The van der Waals surface area contributed by atoms with Gasteiger partial charge in [0.05, 0.1) is 10.9 Å². The maximum atomic E-state index is 14.6. The molecule has 4 aromatic rings. The molecule has 3 aromatic carbocycles. The van der Waals surface area contributed by atoms with Gasteiger partial charge in [-0.05, 0) is 74.1 Å². The van der Waals surface area contributed by atoms with E-state index in [0.717, 1.165) is 50.8 Å². The number of fused-ring (bicyclic) bond motifs is 2. The van der Waals surface area contributed by atoms with E-state index in [2.05, 4.69) is 41.2 Å². The molecule has 5 rings (SSSR count). The van der Waals surface area contributed by atoms with E-state index in [1.165, 1.54) is 6.07 Å². The molecule has 0 unspecified atom stereocenters. The van der Waals surface area contributed by atoms with E-state index in [1.807, 2.05) is 38.2 Å². The Morgan fingerprint density at radius 2 is 1.98 bits per heavy atom. The number of nitrogens with zero attached hydrogens (tertiary/aromatic N) is 4. The summed E-state index contributed by atoms with van der Waals surface area (Å²) in [6.45, 7) is 11.6. The molecule has 40 heavy (non-hydrogen) atoms. The van der Waals surface area contributed by atoms with Gasteiger partial charge in [0, 0.05) is 38.2 Å². The second-order valence-electron chi connectivity index (χ2n) is 11.6. The van der Waals surface area contributed by atoms with Crippen molar-refractivity contribution in [2.24, 2.45) is 12.5 Å². The number of carbonyl (C=O) groups is 1. The van der Waals surface area contributed by atoms with Crippen LogP contribution in [0.3, 0.4) is 0 Å². The summed E-state index contributed by atoms with van der Waals surface area (Å²) >= 11 is 0. The first kappa shape index (κ1) is 27.8. The monoisotopic (exact) mass is 544 g/mol. The number of para-hydroxylation sites is 1. The van der Waals surface area contributed by atoms with Gasteiger partial charge in [-0.2, -0.15) is 0 Å². The molecule has 1 aromatic heterocycles. The lowest BCUT2D eigenvalue weighted by atomic mass is 9.69. The summed E-state index contributed by atoms with van der Waals surface area (Å²) in [6, 6.07) is 15.3. The molecule has 8 heteroatoms. The number of carboxylic acids is 1. The van der Waals surface area contributed by atoms with Crippen molar-refractivity contribution in [3.63, 3.8) is 0 Å². The van der Waals surface area contributed by atoms with Gasteiger partial charge in [0.2, 0.25) is 0 Å². The summed E-state index contributed by atoms with van der Waals surface area (Å²) in [6.07, 6.45) is 0.643. The molecule has 0 aliphatic carbocycles. The van der Waals surface area contributed by atoms with Crippen LogP contribution in [0.4, 0.5) is 4.39 Å². The molecule has 0 radical (unpaired) electrons. The third-order valence-corrected chi connectivity index (χ3v) is 8.41. The zero-order chi connectivity index (χ0) is 28.8. The molecule has 2 atom stereocenters. The summed E-state index contributed by atoms with van der Waals surface area (Å²) in [7, 11) is 1.85. The summed E-state index contributed by atoms with van der Waals surface area (Å²) in [5.74, 6) is -1.26. The molecule has 0 spiro atoms. The Kier molecular flexibility index (Phi) is 7.40. The molecule has 0 saturated heterocycles. The predicted molar refractivity (Wildman–Crippen MR) is 153 cm³/mol. The topological polar surface area (TPSA) is 80.5 Å². The van der Waals surface area contributed by atoms with Crippen molar-refractivity contribution in [3.8, 4) is 5.75 Å². The molecule has 210 valence electrons. The Morgan fingerprint density at radius 1 is 1.20 bits per heavy atom. The highest BCUT2D eigenvalue weighted by Crippen LogP contribution is 2.44. The highest BCUT2D eigenvalue weighted by molar-refractivity contribution is 5.81. The zero-order valence-electron chi connectivity index (χ0n) is 24.0. The Balaban J connectivity index is 1.56. The van der Waals surface area contributed by atoms with Gasteiger partial charge >= 0.3 is 5.97 Å². The van der Waals surface area contributed by atoms with Gasteiger partial charge in [-0.25, -0.2) is 9.07 Å². The maximum absolute atomic E-state index is 14.6. The van der Waals surface area contributed by atoms with Crippen molar-refractivity contribution >= 4 is 17.0 Å². The van der Waals surface area contributed by atoms with Crippen LogP contribution in [0.15, 0.2) is 48.5 Å². The predicted octanol–water partition coefficient (Wildman–Crippen LogP) is 6.14. The van der Waals surface area contributed by atoms with Crippen molar-refractivity contribution in [2.75, 3.05) is 6.54 Å². The second kappa shape index (κ2) is 10.7. The van der Waals surface area contributed by atoms with Crippen LogP contribution in [0.25, 0.3) is 11.0 Å². The van der Waals surface area contributed by atoms with Crippen molar-refractivity contribution in [2.45, 2.75) is 66.2 Å². The van der Waals surface area contributed by atoms with Crippen LogP contribution in [0.1, 0.15) is 66.5 Å². The van der Waals surface area contributed by atoms with Crippen molar-refractivity contribution < 1.29 is 19.0 Å². The van der Waals surface area contributed by atoms with Crippen molar-refractivity contribution in [1.29, 1.82) is 0 Å². The van der Waals surface area contributed by atoms with Gasteiger partial charge < -0.3 is 9.84 Å². The first-order chi connectivity index (χ1) is 19.0. The average molecular weight is 545 g/mol. The lowest BCUT2D eigenvalue weighted by Crippen LogP contribution is -2.33. The third-order valence-electron chi connectivity index (χ3n) is 8.41. The van der Waals surface area contributed by atoms with Gasteiger partial charge in [-0.15, -0.1) is 5.10 Å². The Bertz CT molecular complexity index is 1580. The number of aliphatic carboxylic acids is 1. The number of hydrogen-bond donors (Lipinski definition) is 1. The fourth-order valence-electron chi connectivity index (χ4n) is 5.89. The van der Waals surface area contributed by atoms with Crippen LogP contribution < -0.4 is 4.74 Å². The van der Waals surface area contributed by atoms with Crippen LogP contribution in [0.2, 0.25) is 0 Å². The lowest BCUT2D eigenvalue weighted by Gasteiger charge is -2.33. The number of rotatable bonds is 7. The fourth-order valence-corrected chi connectivity index (χ4v) is 5.89. The summed E-state index contributed by atoms with van der Waals surface area (Å²) in [5, 5.41) is 18.9. The molecular weight excluding hydrogens is 507 g/mol. The molecule has 0 bridgehead atoms. The molecule has 0 saturated carbocycles. The first-order valence-corrected chi connectivity index (χ1v) is 13.8. The minimum Gasteiger partial charge on any atom is -0.486 e. The molecular formula is C32H37FN4O3. The molecule has 1 N–H and O–H groups in total. The average Bonchev–Trinajstić information content (AvgIpc) is 3.18. The quantitative estimate of drug-likeness (QED) is 0.301. The maximum Gasteiger partial charge on any atom is 0.310 e. The van der Waals surface area contributed by atoms with Crippen molar-refractivity contribution in [3.05, 3.63) is 87.7 Å². The number of benzene rings is 3. The number of aromatic nitrogens is 3. The van der Waals surface area contributed by atoms with Crippen LogP contribution in [0.5, 0.6) is 5.75 Å². The minimum atomic E-state index is -1.09. The summed E-state index contributed by atoms with van der Waals surface area (Å²) in [4.78, 5) is 14.9. The number of aryl methyl sites for hydroxylation is 3. The van der Waals surface area contributed by atoms with E-state index in [-0.39, 0.29) is 11.9 Å². The zero-order valence-corrected chi connectivity index (χ0v) is 24.0. The fraction of sp³-hybridized carbons (Fsp3) is 0.406. The second-order valence-corrected chi connectivity index (χ2v) is 11.6. The number of ether oxygens (including phenoxy) is 1. The van der Waals surface area contributed by atoms with Crippen molar-refractivity contribution in [1.82, 2.24) is 19.9 Å². The van der Waals surface area contributed by atoms with Crippen LogP contribution in [-0.2, 0) is 24.9 Å². The van der Waals surface area contributed by atoms with E-state index in [9.17, 15) is 14.3 Å². The van der Waals surface area contributed by atoms with Crippen LogP contribution in [-0.4, -0.2) is 43.6 Å². The number of halogens is 1. The number of hydrogen-bond acceptors (Lipinski definition) is 5. The van der Waals surface area contributed by atoms with E-state index in [4.69, 9.17) is 4.74 Å². The molecule has 0 fully saturated rings. The van der Waals surface area contributed by atoms with Crippen LogP contribution >= 0.6 is 0 Å². The van der Waals surface area contributed by atoms with Gasteiger partial charge in [-0.1, -0.05) is 48.5 Å². The summed E-state index contributed by atoms with van der Waals surface area (Å²) < 4.78 is 22.4. The summed E-state index contributed by atoms with van der Waals surface area (Å²) in [5.41, 5.74) is 6.45. The Labute approximate surface area is 234 Å². The molecule has 1 aliphatic rings.